The lowest BCUT2D eigenvalue weighted by molar-refractivity contribution is -0.384. The topological polar surface area (TPSA) is 78.0 Å². The zero-order valence-electron chi connectivity index (χ0n) is 11.5. The van der Waals surface area contributed by atoms with E-state index in [1.807, 2.05) is 28.8 Å². The van der Waals surface area contributed by atoms with Crippen LogP contribution in [0.2, 0.25) is 0 Å². The molecule has 1 aromatic heterocycles. The molecule has 1 aliphatic heterocycles. The number of benzene rings is 2. The van der Waals surface area contributed by atoms with Gasteiger partial charge in [0.15, 0.2) is 0 Å². The molecule has 0 atom stereocenters. The Balaban J connectivity index is 2.11. The smallest absolute Gasteiger partial charge is 0.281 e. The maximum atomic E-state index is 12.2. The van der Waals surface area contributed by atoms with Gasteiger partial charge in [-0.2, -0.15) is 4.98 Å². The third-order valence-corrected chi connectivity index (χ3v) is 4.04. The second-order valence-electron chi connectivity index (χ2n) is 5.26. The van der Waals surface area contributed by atoms with Gasteiger partial charge in [-0.05, 0) is 18.1 Å². The van der Waals surface area contributed by atoms with Crippen LogP contribution in [0.1, 0.15) is 5.56 Å². The summed E-state index contributed by atoms with van der Waals surface area (Å²) in [4.78, 5) is 27.0. The Bertz CT molecular complexity index is 992. The Labute approximate surface area is 124 Å². The molecular formula is C16H11N3O3. The number of aryl methyl sites for hydroxylation is 2. The molecule has 0 saturated heterocycles. The maximum absolute atomic E-state index is 12.2. The van der Waals surface area contributed by atoms with Crippen LogP contribution in [0.15, 0.2) is 47.3 Å². The average Bonchev–Trinajstić information content (AvgIpc) is 2.54. The Hall–Kier alpha value is -3.02. The highest BCUT2D eigenvalue weighted by Gasteiger charge is 2.20. The van der Waals surface area contributed by atoms with E-state index < -0.39 is 4.92 Å². The van der Waals surface area contributed by atoms with E-state index in [0.717, 1.165) is 17.5 Å². The summed E-state index contributed by atoms with van der Waals surface area (Å²) in [6.07, 6.45) is 0.811. The standard InChI is InChI=1S/C16H11N3O3/c20-16-13-6-5-11(19(21)22)9-14(13)18-8-7-10-3-1-2-4-12(10)15(18)17-16/h1-6,9H,7-8H2. The SMILES string of the molecule is O=c1nc2n(c3cc([N+](=O)[O-])ccc13)CCc1ccccc1-2. The number of nitro benzene ring substituents is 1. The van der Waals surface area contributed by atoms with E-state index in [1.165, 1.54) is 18.2 Å². The van der Waals surface area contributed by atoms with Gasteiger partial charge in [-0.25, -0.2) is 0 Å². The van der Waals surface area contributed by atoms with Crippen LogP contribution in [0.25, 0.3) is 22.3 Å². The third-order valence-electron chi connectivity index (χ3n) is 4.04. The quantitative estimate of drug-likeness (QED) is 0.510. The van der Waals surface area contributed by atoms with E-state index >= 15 is 0 Å². The average molecular weight is 293 g/mol. The highest BCUT2D eigenvalue weighted by Crippen LogP contribution is 2.30. The van der Waals surface area contributed by atoms with E-state index in [0.29, 0.717) is 23.3 Å². The molecule has 108 valence electrons. The summed E-state index contributed by atoms with van der Waals surface area (Å²) in [5, 5.41) is 11.4. The summed E-state index contributed by atoms with van der Waals surface area (Å²) in [5.41, 5.74) is 2.25. The molecule has 22 heavy (non-hydrogen) atoms. The first-order valence-electron chi connectivity index (χ1n) is 6.92. The molecule has 3 aromatic rings. The van der Waals surface area contributed by atoms with E-state index in [2.05, 4.69) is 4.98 Å². The van der Waals surface area contributed by atoms with Crippen LogP contribution in [0.5, 0.6) is 0 Å². The molecule has 6 nitrogen and oxygen atoms in total. The third kappa shape index (κ3) is 1.74. The Morgan fingerprint density at radius 3 is 2.82 bits per heavy atom. The first-order valence-corrected chi connectivity index (χ1v) is 6.92. The van der Waals surface area contributed by atoms with Crippen molar-refractivity contribution in [1.29, 1.82) is 0 Å². The summed E-state index contributed by atoms with van der Waals surface area (Å²) >= 11 is 0. The fourth-order valence-electron chi connectivity index (χ4n) is 2.99. The number of fused-ring (bicyclic) bond motifs is 5. The molecule has 0 radical (unpaired) electrons. The second kappa shape index (κ2) is 4.49. The molecule has 2 aromatic carbocycles. The van der Waals surface area contributed by atoms with Crippen LogP contribution in [-0.4, -0.2) is 14.5 Å². The Morgan fingerprint density at radius 2 is 2.00 bits per heavy atom. The molecule has 0 fully saturated rings. The zero-order valence-corrected chi connectivity index (χ0v) is 11.5. The normalized spacial score (nSPS) is 12.7. The van der Waals surface area contributed by atoms with Gasteiger partial charge in [0.25, 0.3) is 11.2 Å². The number of nitro groups is 1. The van der Waals surface area contributed by atoms with Crippen molar-refractivity contribution in [2.24, 2.45) is 0 Å². The lowest BCUT2D eigenvalue weighted by Crippen LogP contribution is -2.21. The van der Waals surface area contributed by atoms with Gasteiger partial charge in [0.1, 0.15) is 5.82 Å². The minimum Gasteiger partial charge on any atom is -0.324 e. The van der Waals surface area contributed by atoms with E-state index in [4.69, 9.17) is 0 Å². The second-order valence-corrected chi connectivity index (χ2v) is 5.26. The molecule has 0 amide bonds. The summed E-state index contributed by atoms with van der Waals surface area (Å²) in [6, 6.07) is 12.1. The van der Waals surface area contributed by atoms with E-state index in [-0.39, 0.29) is 11.2 Å². The summed E-state index contributed by atoms with van der Waals surface area (Å²) in [6.45, 7) is 0.650. The molecular weight excluding hydrogens is 282 g/mol. The number of hydrogen-bond acceptors (Lipinski definition) is 4. The summed E-state index contributed by atoms with van der Waals surface area (Å²) in [5.74, 6) is 0.583. The highest BCUT2D eigenvalue weighted by molar-refractivity contribution is 5.83. The van der Waals surface area contributed by atoms with Crippen molar-refractivity contribution >= 4 is 16.6 Å². The number of rotatable bonds is 1. The molecule has 4 rings (SSSR count). The molecule has 2 heterocycles. The molecule has 0 bridgehead atoms. The van der Waals surface area contributed by atoms with Crippen molar-refractivity contribution in [1.82, 2.24) is 9.55 Å². The molecule has 6 heteroatoms. The van der Waals surface area contributed by atoms with Crippen molar-refractivity contribution in [3.8, 4) is 11.4 Å². The van der Waals surface area contributed by atoms with Crippen LogP contribution >= 0.6 is 0 Å². The predicted octanol–water partition coefficient (Wildman–Crippen LogP) is 2.53. The molecule has 0 saturated carbocycles. The van der Waals surface area contributed by atoms with Gasteiger partial charge in [-0.1, -0.05) is 24.3 Å². The first-order chi connectivity index (χ1) is 10.6. The first kappa shape index (κ1) is 12.7. The minimum atomic E-state index is -0.450. The molecule has 0 spiro atoms. The van der Waals surface area contributed by atoms with Gasteiger partial charge in [-0.3, -0.25) is 14.9 Å². The monoisotopic (exact) mass is 293 g/mol. The van der Waals surface area contributed by atoms with Gasteiger partial charge < -0.3 is 4.57 Å². The fraction of sp³-hybridized carbons (Fsp3) is 0.125. The molecule has 1 aliphatic rings. The highest BCUT2D eigenvalue weighted by atomic mass is 16.6. The lowest BCUT2D eigenvalue weighted by atomic mass is 10.00. The van der Waals surface area contributed by atoms with Gasteiger partial charge in [0, 0.05) is 24.2 Å². The van der Waals surface area contributed by atoms with E-state index in [1.54, 1.807) is 0 Å². The Kier molecular flexibility index (Phi) is 2.59. The number of aromatic nitrogens is 2. The molecule has 0 N–H and O–H groups in total. The van der Waals surface area contributed by atoms with Gasteiger partial charge in [-0.15, -0.1) is 0 Å². The summed E-state index contributed by atoms with van der Waals surface area (Å²) < 4.78 is 1.89. The number of nitrogens with zero attached hydrogens (tertiary/aromatic N) is 3. The van der Waals surface area contributed by atoms with Crippen molar-refractivity contribution in [2.45, 2.75) is 13.0 Å². The van der Waals surface area contributed by atoms with Gasteiger partial charge in [0.05, 0.1) is 15.8 Å². The number of non-ortho nitro benzene ring substituents is 1. The van der Waals surface area contributed by atoms with Crippen LogP contribution in [0.4, 0.5) is 5.69 Å². The van der Waals surface area contributed by atoms with E-state index in [9.17, 15) is 14.9 Å². The zero-order chi connectivity index (χ0) is 15.3. The van der Waals surface area contributed by atoms with Crippen molar-refractivity contribution in [2.75, 3.05) is 0 Å². The van der Waals surface area contributed by atoms with Crippen LogP contribution in [-0.2, 0) is 13.0 Å². The van der Waals surface area contributed by atoms with Crippen LogP contribution in [0.3, 0.4) is 0 Å². The maximum Gasteiger partial charge on any atom is 0.281 e. The fourth-order valence-corrected chi connectivity index (χ4v) is 2.99. The van der Waals surface area contributed by atoms with Gasteiger partial charge >= 0.3 is 0 Å². The minimum absolute atomic E-state index is 0.0216. The Morgan fingerprint density at radius 1 is 1.18 bits per heavy atom. The largest absolute Gasteiger partial charge is 0.324 e. The van der Waals surface area contributed by atoms with Crippen LogP contribution in [0, 0.1) is 10.1 Å². The lowest BCUT2D eigenvalue weighted by Gasteiger charge is -2.22. The van der Waals surface area contributed by atoms with Crippen molar-refractivity contribution < 1.29 is 4.92 Å². The predicted molar refractivity (Wildman–Crippen MR) is 81.8 cm³/mol. The van der Waals surface area contributed by atoms with Gasteiger partial charge in [0.2, 0.25) is 0 Å². The molecule has 0 aliphatic carbocycles. The van der Waals surface area contributed by atoms with Crippen LogP contribution < -0.4 is 5.56 Å². The van der Waals surface area contributed by atoms with Crippen molar-refractivity contribution in [3.63, 3.8) is 0 Å². The summed E-state index contributed by atoms with van der Waals surface area (Å²) in [7, 11) is 0. The van der Waals surface area contributed by atoms with Crippen molar-refractivity contribution in [3.05, 3.63) is 68.5 Å². The molecule has 0 unspecified atom stereocenters. The number of hydrogen-bond donors (Lipinski definition) is 0.